The van der Waals surface area contributed by atoms with E-state index in [4.69, 9.17) is 5.73 Å². The van der Waals surface area contributed by atoms with E-state index in [1.165, 1.54) is 31.2 Å². The number of nitrogens with zero attached hydrogens (tertiary/aromatic N) is 1. The van der Waals surface area contributed by atoms with E-state index in [-0.39, 0.29) is 16.1 Å². The Morgan fingerprint density at radius 3 is 2.48 bits per heavy atom. The standard InChI is InChI=1S/C13H13N3O4S/c1-9-12(16(17)18)6-3-7-13(9)21(19,20)15-11-5-2-4-10(14)8-11/h2-8,15H,14H2,1H3. The molecule has 21 heavy (non-hydrogen) atoms. The summed E-state index contributed by atoms with van der Waals surface area (Å²) in [4.78, 5) is 10.1. The molecule has 0 radical (unpaired) electrons. The molecule has 2 aromatic rings. The summed E-state index contributed by atoms with van der Waals surface area (Å²) in [5.74, 6) is 0. The molecule has 0 fully saturated rings. The van der Waals surface area contributed by atoms with Crippen molar-refractivity contribution in [2.75, 3.05) is 10.5 Å². The lowest BCUT2D eigenvalue weighted by molar-refractivity contribution is -0.385. The first-order chi connectivity index (χ1) is 9.81. The molecule has 0 bridgehead atoms. The largest absolute Gasteiger partial charge is 0.399 e. The van der Waals surface area contributed by atoms with Crippen LogP contribution in [-0.2, 0) is 10.0 Å². The summed E-state index contributed by atoms with van der Waals surface area (Å²) < 4.78 is 27.0. The van der Waals surface area contributed by atoms with E-state index in [0.29, 0.717) is 11.4 Å². The molecule has 2 aromatic carbocycles. The van der Waals surface area contributed by atoms with E-state index in [9.17, 15) is 18.5 Å². The zero-order valence-electron chi connectivity index (χ0n) is 11.1. The topological polar surface area (TPSA) is 115 Å². The summed E-state index contributed by atoms with van der Waals surface area (Å²) in [6, 6.07) is 10.1. The molecule has 0 amide bonds. The van der Waals surface area contributed by atoms with Gasteiger partial charge in [0.15, 0.2) is 0 Å². The summed E-state index contributed by atoms with van der Waals surface area (Å²) in [5, 5.41) is 10.9. The fourth-order valence-electron chi connectivity index (χ4n) is 1.90. The Bertz CT molecular complexity index is 803. The van der Waals surface area contributed by atoms with E-state index >= 15 is 0 Å². The second-order valence-corrected chi connectivity index (χ2v) is 6.04. The van der Waals surface area contributed by atoms with Crippen LogP contribution < -0.4 is 10.5 Å². The number of nitro benzene ring substituents is 1. The highest BCUT2D eigenvalue weighted by atomic mass is 32.2. The number of hydrogen-bond donors (Lipinski definition) is 2. The van der Waals surface area contributed by atoms with E-state index in [1.807, 2.05) is 0 Å². The fraction of sp³-hybridized carbons (Fsp3) is 0.0769. The lowest BCUT2D eigenvalue weighted by Gasteiger charge is -2.10. The van der Waals surface area contributed by atoms with Crippen LogP contribution in [0, 0.1) is 17.0 Å². The van der Waals surface area contributed by atoms with Gasteiger partial charge in [-0.3, -0.25) is 14.8 Å². The van der Waals surface area contributed by atoms with Crippen LogP contribution >= 0.6 is 0 Å². The lowest BCUT2D eigenvalue weighted by Crippen LogP contribution is -2.15. The van der Waals surface area contributed by atoms with E-state index in [1.54, 1.807) is 18.2 Å². The average Bonchev–Trinajstić information content (AvgIpc) is 2.37. The van der Waals surface area contributed by atoms with Crippen LogP contribution in [0.3, 0.4) is 0 Å². The minimum absolute atomic E-state index is 0.0823. The first kappa shape index (κ1) is 14.8. The Morgan fingerprint density at radius 1 is 1.19 bits per heavy atom. The molecule has 0 saturated heterocycles. The summed E-state index contributed by atoms with van der Waals surface area (Å²) in [6.07, 6.45) is 0. The smallest absolute Gasteiger partial charge is 0.273 e. The van der Waals surface area contributed by atoms with Crippen LogP contribution in [0.1, 0.15) is 5.56 Å². The van der Waals surface area contributed by atoms with Crippen LogP contribution in [0.5, 0.6) is 0 Å². The molecule has 0 heterocycles. The number of benzene rings is 2. The zero-order valence-corrected chi connectivity index (χ0v) is 11.9. The van der Waals surface area contributed by atoms with Gasteiger partial charge in [-0.05, 0) is 31.2 Å². The fourth-order valence-corrected chi connectivity index (χ4v) is 3.22. The maximum absolute atomic E-state index is 12.3. The summed E-state index contributed by atoms with van der Waals surface area (Å²) in [7, 11) is -3.93. The van der Waals surface area contributed by atoms with Crippen molar-refractivity contribution in [3.63, 3.8) is 0 Å². The molecule has 2 rings (SSSR count). The molecule has 0 atom stereocenters. The highest BCUT2D eigenvalue weighted by molar-refractivity contribution is 7.92. The number of hydrogen-bond acceptors (Lipinski definition) is 5. The summed E-state index contributed by atoms with van der Waals surface area (Å²) in [6.45, 7) is 1.39. The van der Waals surface area contributed by atoms with Crippen molar-refractivity contribution in [3.8, 4) is 0 Å². The quantitative estimate of drug-likeness (QED) is 0.511. The molecule has 0 aliphatic rings. The van der Waals surface area contributed by atoms with Crippen molar-refractivity contribution in [1.82, 2.24) is 0 Å². The van der Waals surface area contributed by atoms with Gasteiger partial charge < -0.3 is 5.73 Å². The summed E-state index contributed by atoms with van der Waals surface area (Å²) in [5.41, 5.74) is 6.12. The predicted octanol–water partition coefficient (Wildman–Crippen LogP) is 2.29. The van der Waals surface area contributed by atoms with Crippen molar-refractivity contribution < 1.29 is 13.3 Å². The molecule has 7 nitrogen and oxygen atoms in total. The number of anilines is 2. The second-order valence-electron chi connectivity index (χ2n) is 4.39. The Hall–Kier alpha value is -2.61. The van der Waals surface area contributed by atoms with Crippen molar-refractivity contribution >= 4 is 27.1 Å². The third-order valence-corrected chi connectivity index (χ3v) is 4.41. The zero-order chi connectivity index (χ0) is 15.6. The highest BCUT2D eigenvalue weighted by Gasteiger charge is 2.22. The minimum Gasteiger partial charge on any atom is -0.399 e. The van der Waals surface area contributed by atoms with Gasteiger partial charge in [-0.15, -0.1) is 0 Å². The molecule has 0 aliphatic heterocycles. The molecule has 0 aliphatic carbocycles. The maximum Gasteiger partial charge on any atom is 0.273 e. The van der Waals surface area contributed by atoms with Gasteiger partial charge in [-0.2, -0.15) is 0 Å². The SMILES string of the molecule is Cc1c([N+](=O)[O-])cccc1S(=O)(=O)Nc1cccc(N)c1. The number of nitro groups is 1. The molecule has 0 aromatic heterocycles. The molecule has 0 saturated carbocycles. The van der Waals surface area contributed by atoms with Crippen LogP contribution in [0.15, 0.2) is 47.4 Å². The molecule has 0 unspecified atom stereocenters. The van der Waals surface area contributed by atoms with E-state index in [0.717, 1.165) is 0 Å². The molecular weight excluding hydrogens is 294 g/mol. The first-order valence-electron chi connectivity index (χ1n) is 5.93. The third-order valence-electron chi connectivity index (χ3n) is 2.88. The number of rotatable bonds is 4. The predicted molar refractivity (Wildman–Crippen MR) is 79.5 cm³/mol. The summed E-state index contributed by atoms with van der Waals surface area (Å²) >= 11 is 0. The Labute approximate surface area is 121 Å². The lowest BCUT2D eigenvalue weighted by atomic mass is 10.2. The third kappa shape index (κ3) is 3.11. The van der Waals surface area contributed by atoms with E-state index < -0.39 is 14.9 Å². The monoisotopic (exact) mass is 307 g/mol. The first-order valence-corrected chi connectivity index (χ1v) is 7.42. The van der Waals surface area contributed by atoms with E-state index in [2.05, 4.69) is 4.72 Å². The van der Waals surface area contributed by atoms with Gasteiger partial charge >= 0.3 is 0 Å². The second kappa shape index (κ2) is 5.41. The Balaban J connectivity index is 2.45. The van der Waals surface area contributed by atoms with Gasteiger partial charge in [0.2, 0.25) is 0 Å². The van der Waals surface area contributed by atoms with Gasteiger partial charge in [0, 0.05) is 17.3 Å². The van der Waals surface area contributed by atoms with Crippen molar-refractivity contribution in [1.29, 1.82) is 0 Å². The number of sulfonamides is 1. The van der Waals surface area contributed by atoms with Gasteiger partial charge in [0.05, 0.1) is 15.5 Å². The van der Waals surface area contributed by atoms with Crippen molar-refractivity contribution in [3.05, 3.63) is 58.1 Å². The minimum atomic E-state index is -3.93. The van der Waals surface area contributed by atoms with Crippen molar-refractivity contribution in [2.24, 2.45) is 0 Å². The van der Waals surface area contributed by atoms with Gasteiger partial charge in [0.25, 0.3) is 15.7 Å². The number of nitrogens with one attached hydrogen (secondary N) is 1. The molecule has 0 spiro atoms. The Kier molecular flexibility index (Phi) is 3.81. The Morgan fingerprint density at radius 2 is 1.86 bits per heavy atom. The number of nitrogen functional groups attached to an aromatic ring is 1. The molecular formula is C13H13N3O4S. The van der Waals surface area contributed by atoms with Crippen molar-refractivity contribution in [2.45, 2.75) is 11.8 Å². The average molecular weight is 307 g/mol. The van der Waals surface area contributed by atoms with Gasteiger partial charge in [-0.1, -0.05) is 12.1 Å². The van der Waals surface area contributed by atoms with Crippen LogP contribution in [-0.4, -0.2) is 13.3 Å². The number of nitrogens with two attached hydrogens (primary N) is 1. The molecule has 8 heteroatoms. The van der Waals surface area contributed by atoms with Crippen LogP contribution in [0.25, 0.3) is 0 Å². The highest BCUT2D eigenvalue weighted by Crippen LogP contribution is 2.26. The molecule has 110 valence electrons. The molecule has 3 N–H and O–H groups in total. The van der Waals surface area contributed by atoms with Crippen LogP contribution in [0.2, 0.25) is 0 Å². The van der Waals surface area contributed by atoms with Crippen LogP contribution in [0.4, 0.5) is 17.1 Å². The van der Waals surface area contributed by atoms with Gasteiger partial charge in [-0.25, -0.2) is 8.42 Å². The maximum atomic E-state index is 12.3. The van der Waals surface area contributed by atoms with Gasteiger partial charge in [0.1, 0.15) is 0 Å². The normalized spacial score (nSPS) is 11.1.